The molecule has 1 amide bonds. The van der Waals surface area contributed by atoms with E-state index in [1.807, 2.05) is 24.3 Å². The lowest BCUT2D eigenvalue weighted by molar-refractivity contribution is -0.141. The van der Waals surface area contributed by atoms with Gasteiger partial charge in [0, 0.05) is 18.9 Å². The molecular weight excluding hydrogens is 421 g/mol. The molecule has 1 atom stereocenters. The number of hydrogen-bond donors (Lipinski definition) is 0. The highest BCUT2D eigenvalue weighted by Gasteiger charge is 2.33. The Kier molecular flexibility index (Phi) is 6.39. The SMILES string of the molecule is COc1ccc(C2=NOC(CN(Cc3ccc(C(F)(F)F)cc3)C(=O)C3CCC3)C2)cc1. The molecule has 0 radical (unpaired) electrons. The number of ether oxygens (including phenoxy) is 1. The van der Waals surface area contributed by atoms with E-state index in [9.17, 15) is 18.0 Å². The molecular formula is C24H25F3N2O3. The molecule has 32 heavy (non-hydrogen) atoms. The molecule has 5 nitrogen and oxygen atoms in total. The molecule has 1 aliphatic carbocycles. The van der Waals surface area contributed by atoms with Crippen molar-refractivity contribution in [2.75, 3.05) is 13.7 Å². The molecule has 1 fully saturated rings. The number of benzene rings is 2. The summed E-state index contributed by atoms with van der Waals surface area (Å²) >= 11 is 0. The van der Waals surface area contributed by atoms with Crippen LogP contribution in [-0.2, 0) is 22.4 Å². The third kappa shape index (κ3) is 5.06. The largest absolute Gasteiger partial charge is 0.497 e. The lowest BCUT2D eigenvalue weighted by Crippen LogP contribution is -2.42. The summed E-state index contributed by atoms with van der Waals surface area (Å²) in [5.41, 5.74) is 1.67. The minimum atomic E-state index is -4.38. The molecule has 1 heterocycles. The summed E-state index contributed by atoms with van der Waals surface area (Å²) in [6, 6.07) is 12.5. The smallest absolute Gasteiger partial charge is 0.416 e. The van der Waals surface area contributed by atoms with Crippen molar-refractivity contribution in [2.24, 2.45) is 11.1 Å². The summed E-state index contributed by atoms with van der Waals surface area (Å²) in [6.45, 7) is 0.574. The van der Waals surface area contributed by atoms with Gasteiger partial charge in [-0.25, -0.2) is 0 Å². The summed E-state index contributed by atoms with van der Waals surface area (Å²) in [5, 5.41) is 4.19. The van der Waals surface area contributed by atoms with Gasteiger partial charge in [-0.05, 0) is 60.4 Å². The number of amides is 1. The van der Waals surface area contributed by atoms with E-state index in [1.165, 1.54) is 12.1 Å². The molecule has 0 aromatic heterocycles. The van der Waals surface area contributed by atoms with Crippen LogP contribution in [0.5, 0.6) is 5.75 Å². The summed E-state index contributed by atoms with van der Waals surface area (Å²) in [4.78, 5) is 20.3. The number of oxime groups is 1. The number of alkyl halides is 3. The average Bonchev–Trinajstić information content (AvgIpc) is 3.20. The highest BCUT2D eigenvalue weighted by atomic mass is 19.4. The lowest BCUT2D eigenvalue weighted by Gasteiger charge is -2.32. The van der Waals surface area contributed by atoms with Gasteiger partial charge in [-0.15, -0.1) is 0 Å². The topological polar surface area (TPSA) is 51.1 Å². The maximum absolute atomic E-state index is 13.0. The minimum absolute atomic E-state index is 0.0205. The molecule has 1 saturated carbocycles. The maximum atomic E-state index is 13.0. The molecule has 0 bridgehead atoms. The van der Waals surface area contributed by atoms with E-state index >= 15 is 0 Å². The minimum Gasteiger partial charge on any atom is -0.497 e. The second kappa shape index (κ2) is 9.22. The Labute approximate surface area is 184 Å². The quantitative estimate of drug-likeness (QED) is 0.599. The lowest BCUT2D eigenvalue weighted by atomic mass is 9.84. The third-order valence-electron chi connectivity index (χ3n) is 6.00. The van der Waals surface area contributed by atoms with Crippen LogP contribution in [0.4, 0.5) is 13.2 Å². The van der Waals surface area contributed by atoms with Gasteiger partial charge in [0.1, 0.15) is 5.75 Å². The van der Waals surface area contributed by atoms with Gasteiger partial charge < -0.3 is 14.5 Å². The number of carbonyl (C=O) groups is 1. The van der Waals surface area contributed by atoms with Gasteiger partial charge >= 0.3 is 6.18 Å². The molecule has 1 aliphatic heterocycles. The van der Waals surface area contributed by atoms with Crippen molar-refractivity contribution in [1.29, 1.82) is 0 Å². The Morgan fingerprint density at radius 1 is 1.12 bits per heavy atom. The van der Waals surface area contributed by atoms with Crippen LogP contribution >= 0.6 is 0 Å². The number of rotatable bonds is 7. The van der Waals surface area contributed by atoms with Crippen LogP contribution in [0.3, 0.4) is 0 Å². The molecule has 170 valence electrons. The first kappa shape index (κ1) is 22.2. The first-order valence-electron chi connectivity index (χ1n) is 10.7. The molecule has 2 aromatic rings. The fourth-order valence-electron chi connectivity index (χ4n) is 3.89. The highest BCUT2D eigenvalue weighted by Crippen LogP contribution is 2.31. The van der Waals surface area contributed by atoms with E-state index in [2.05, 4.69) is 5.16 Å². The molecule has 0 spiro atoms. The Bertz CT molecular complexity index is 967. The molecule has 1 unspecified atom stereocenters. The molecule has 2 aromatic carbocycles. The van der Waals surface area contributed by atoms with E-state index < -0.39 is 11.7 Å². The third-order valence-corrected chi connectivity index (χ3v) is 6.00. The molecule has 0 N–H and O–H groups in total. The summed E-state index contributed by atoms with van der Waals surface area (Å²) in [5.74, 6) is 0.754. The zero-order valence-electron chi connectivity index (χ0n) is 17.8. The molecule has 4 rings (SSSR count). The molecule has 8 heteroatoms. The normalized spacial score (nSPS) is 18.5. The van der Waals surface area contributed by atoms with Crippen LogP contribution in [-0.4, -0.2) is 36.3 Å². The number of halogens is 3. The first-order chi connectivity index (χ1) is 15.3. The van der Waals surface area contributed by atoms with E-state index in [0.29, 0.717) is 18.5 Å². The van der Waals surface area contributed by atoms with Crippen molar-refractivity contribution in [3.8, 4) is 5.75 Å². The second-order valence-electron chi connectivity index (χ2n) is 8.24. The standard InChI is InChI=1S/C24H25F3N2O3/c1-31-20-11-7-17(8-12-20)22-13-21(32-28-22)15-29(23(30)18-3-2-4-18)14-16-5-9-19(10-6-16)24(25,26)27/h5-12,18,21H,2-4,13-15H2,1H3. The van der Waals surface area contributed by atoms with Gasteiger partial charge in [0.05, 0.1) is 24.9 Å². The molecule has 0 saturated heterocycles. The van der Waals surface area contributed by atoms with Gasteiger partial charge in [0.25, 0.3) is 0 Å². The first-order valence-corrected chi connectivity index (χ1v) is 10.7. The van der Waals surface area contributed by atoms with E-state index in [0.717, 1.165) is 48.4 Å². The Hall–Kier alpha value is -3.03. The fourth-order valence-corrected chi connectivity index (χ4v) is 3.89. The predicted molar refractivity (Wildman–Crippen MR) is 113 cm³/mol. The van der Waals surface area contributed by atoms with Crippen molar-refractivity contribution in [1.82, 2.24) is 4.90 Å². The van der Waals surface area contributed by atoms with Crippen LogP contribution in [0.25, 0.3) is 0 Å². The summed E-state index contributed by atoms with van der Waals surface area (Å²) in [7, 11) is 1.60. The fraction of sp³-hybridized carbons (Fsp3) is 0.417. The summed E-state index contributed by atoms with van der Waals surface area (Å²) in [6.07, 6.45) is -1.41. The van der Waals surface area contributed by atoms with Crippen LogP contribution in [0.1, 0.15) is 42.4 Å². The van der Waals surface area contributed by atoms with Crippen molar-refractivity contribution in [3.63, 3.8) is 0 Å². The van der Waals surface area contributed by atoms with Gasteiger partial charge in [0.2, 0.25) is 5.91 Å². The van der Waals surface area contributed by atoms with Crippen molar-refractivity contribution in [3.05, 3.63) is 65.2 Å². The van der Waals surface area contributed by atoms with Crippen LogP contribution in [0, 0.1) is 5.92 Å². The van der Waals surface area contributed by atoms with Crippen molar-refractivity contribution >= 4 is 11.6 Å². The Morgan fingerprint density at radius 2 is 1.81 bits per heavy atom. The van der Waals surface area contributed by atoms with Crippen LogP contribution in [0.15, 0.2) is 53.7 Å². The van der Waals surface area contributed by atoms with E-state index in [-0.39, 0.29) is 24.5 Å². The number of methoxy groups -OCH3 is 1. The predicted octanol–water partition coefficient (Wildman–Crippen LogP) is 5.04. The Balaban J connectivity index is 1.42. The van der Waals surface area contributed by atoms with Gasteiger partial charge in [-0.2, -0.15) is 13.2 Å². The Morgan fingerprint density at radius 3 is 2.38 bits per heavy atom. The van der Waals surface area contributed by atoms with E-state index in [1.54, 1.807) is 12.0 Å². The number of nitrogens with zero attached hydrogens (tertiary/aromatic N) is 2. The van der Waals surface area contributed by atoms with Gasteiger partial charge in [-0.3, -0.25) is 4.79 Å². The number of hydrogen-bond acceptors (Lipinski definition) is 4. The van der Waals surface area contributed by atoms with Crippen LogP contribution < -0.4 is 4.74 Å². The highest BCUT2D eigenvalue weighted by molar-refractivity contribution is 6.01. The van der Waals surface area contributed by atoms with Crippen molar-refractivity contribution < 1.29 is 27.5 Å². The van der Waals surface area contributed by atoms with Crippen LogP contribution in [0.2, 0.25) is 0 Å². The second-order valence-corrected chi connectivity index (χ2v) is 8.24. The molecule has 2 aliphatic rings. The van der Waals surface area contributed by atoms with Gasteiger partial charge in [-0.1, -0.05) is 23.7 Å². The van der Waals surface area contributed by atoms with E-state index in [4.69, 9.17) is 9.57 Å². The maximum Gasteiger partial charge on any atom is 0.416 e. The monoisotopic (exact) mass is 446 g/mol. The zero-order valence-corrected chi connectivity index (χ0v) is 17.8. The summed E-state index contributed by atoms with van der Waals surface area (Å²) < 4.78 is 43.8. The number of carbonyl (C=O) groups excluding carboxylic acids is 1. The van der Waals surface area contributed by atoms with Crippen molar-refractivity contribution in [2.45, 2.75) is 44.5 Å². The van der Waals surface area contributed by atoms with Gasteiger partial charge in [0.15, 0.2) is 6.10 Å². The average molecular weight is 446 g/mol. The zero-order chi connectivity index (χ0) is 22.7.